The number of carboxylic acids is 1. The fraction of sp³-hybridized carbons (Fsp3) is 0.897. The molecule has 0 radical (unpaired) electrons. The van der Waals surface area contributed by atoms with Crippen LogP contribution in [-0.4, -0.2) is 99.5 Å². The summed E-state index contributed by atoms with van der Waals surface area (Å²) in [6, 6.07) is 0. The van der Waals surface area contributed by atoms with Crippen molar-refractivity contribution in [2.75, 3.05) is 20.3 Å². The van der Waals surface area contributed by atoms with Crippen LogP contribution in [-0.2, 0) is 23.9 Å². The number of carbonyl (C=O) groups excluding carboxylic acids is 1. The minimum absolute atomic E-state index is 0.0348. The highest BCUT2D eigenvalue weighted by atomic mass is 16.7. The molecule has 6 rings (SSSR count). The van der Waals surface area contributed by atoms with E-state index in [1.165, 1.54) is 7.11 Å². The van der Waals surface area contributed by atoms with E-state index in [0.29, 0.717) is 24.2 Å². The van der Waals surface area contributed by atoms with Crippen molar-refractivity contribution in [3.8, 4) is 0 Å². The van der Waals surface area contributed by atoms with Gasteiger partial charge >= 0.3 is 11.9 Å². The molecular formula is C39H63NO10. The Morgan fingerprint density at radius 1 is 0.860 bits per heavy atom. The summed E-state index contributed by atoms with van der Waals surface area (Å²) in [7, 11) is 1.32. The first-order valence-corrected chi connectivity index (χ1v) is 19.0. The molecule has 5 aliphatic carbocycles. The lowest BCUT2D eigenvalue weighted by Crippen LogP contribution is -2.67. The van der Waals surface area contributed by atoms with Crippen LogP contribution in [0.3, 0.4) is 0 Å². The van der Waals surface area contributed by atoms with E-state index in [9.17, 15) is 35.1 Å². The number of esters is 1. The zero-order valence-corrected chi connectivity index (χ0v) is 31.3. The zero-order valence-electron chi connectivity index (χ0n) is 31.3. The van der Waals surface area contributed by atoms with Crippen molar-refractivity contribution >= 4 is 11.9 Å². The van der Waals surface area contributed by atoms with Gasteiger partial charge in [0, 0.05) is 5.41 Å². The number of fused-ring (bicyclic) bond motifs is 7. The largest absolute Gasteiger partial charge is 0.481 e. The van der Waals surface area contributed by atoms with E-state index in [-0.39, 0.29) is 46.1 Å². The number of hydrogen-bond acceptors (Lipinski definition) is 10. The maximum absolute atomic E-state index is 13.5. The van der Waals surface area contributed by atoms with Crippen molar-refractivity contribution in [2.24, 2.45) is 56.7 Å². The molecule has 0 bridgehead atoms. The van der Waals surface area contributed by atoms with E-state index < -0.39 is 54.6 Å². The van der Waals surface area contributed by atoms with Crippen molar-refractivity contribution in [1.82, 2.24) is 5.06 Å². The molecule has 50 heavy (non-hydrogen) atoms. The molecule has 11 heteroatoms. The van der Waals surface area contributed by atoms with Gasteiger partial charge in [-0.15, -0.1) is 5.06 Å². The maximum Gasteiger partial charge on any atom is 0.323 e. The second kappa shape index (κ2) is 13.1. The Hall–Kier alpha value is -1.60. The zero-order chi connectivity index (χ0) is 36.8. The highest BCUT2D eigenvalue weighted by molar-refractivity contribution is 5.76. The number of aliphatic hydroxyl groups excluding tert-OH is 4. The summed E-state index contributed by atoms with van der Waals surface area (Å²) < 4.78 is 11.8. The first-order chi connectivity index (χ1) is 23.3. The minimum Gasteiger partial charge on any atom is -0.481 e. The van der Waals surface area contributed by atoms with Gasteiger partial charge in [0.2, 0.25) is 0 Å². The lowest BCUT2D eigenvalue weighted by Gasteiger charge is -2.72. The number of allylic oxidation sites excluding steroid dienone is 1. The van der Waals surface area contributed by atoms with E-state index >= 15 is 0 Å². The van der Waals surface area contributed by atoms with Gasteiger partial charge in [0.1, 0.15) is 37.1 Å². The van der Waals surface area contributed by atoms with Crippen LogP contribution in [0.5, 0.6) is 0 Å². The number of carboxylic acid groups (broad SMARTS) is 1. The molecule has 0 amide bonds. The number of hydrogen-bond donors (Lipinski definition) is 5. The monoisotopic (exact) mass is 705 g/mol. The van der Waals surface area contributed by atoms with Gasteiger partial charge < -0.3 is 35.0 Å². The normalized spacial score (nSPS) is 49.6. The number of ether oxygens (including phenoxy) is 2. The van der Waals surface area contributed by atoms with E-state index in [1.54, 1.807) is 0 Å². The molecule has 1 aliphatic heterocycles. The van der Waals surface area contributed by atoms with Gasteiger partial charge in [0.15, 0.2) is 6.23 Å². The Labute approximate surface area is 297 Å². The number of hydroxylamine groups is 2. The van der Waals surface area contributed by atoms with Gasteiger partial charge in [-0.05, 0) is 117 Å². The molecule has 6 aliphatic rings. The summed E-state index contributed by atoms with van der Waals surface area (Å²) in [6.45, 7) is 17.5. The summed E-state index contributed by atoms with van der Waals surface area (Å²) >= 11 is 0. The van der Waals surface area contributed by atoms with Crippen LogP contribution in [0, 0.1) is 56.7 Å². The van der Waals surface area contributed by atoms with Crippen molar-refractivity contribution in [3.05, 3.63) is 12.2 Å². The van der Waals surface area contributed by atoms with Crippen LogP contribution in [0.15, 0.2) is 12.2 Å². The maximum atomic E-state index is 13.5. The van der Waals surface area contributed by atoms with Crippen LogP contribution >= 0.6 is 0 Å². The van der Waals surface area contributed by atoms with Crippen LogP contribution in [0.1, 0.15) is 106 Å². The van der Waals surface area contributed by atoms with E-state index in [0.717, 1.165) is 68.4 Å². The van der Waals surface area contributed by atoms with Gasteiger partial charge in [-0.3, -0.25) is 14.4 Å². The topological polar surface area (TPSA) is 166 Å². The van der Waals surface area contributed by atoms with Crippen molar-refractivity contribution in [2.45, 2.75) is 142 Å². The van der Waals surface area contributed by atoms with Gasteiger partial charge in [0.05, 0.1) is 19.1 Å². The van der Waals surface area contributed by atoms with E-state index in [2.05, 4.69) is 48.1 Å². The molecule has 11 nitrogen and oxygen atoms in total. The lowest BCUT2D eigenvalue weighted by atomic mass is 9.32. The van der Waals surface area contributed by atoms with Gasteiger partial charge in [-0.2, -0.15) is 0 Å². The molecule has 6 unspecified atom stereocenters. The molecule has 1 heterocycles. The second-order valence-electron chi connectivity index (χ2n) is 18.5. The Balaban J connectivity index is 1.19. The smallest absolute Gasteiger partial charge is 0.323 e. The van der Waals surface area contributed by atoms with Crippen LogP contribution < -0.4 is 0 Å². The average Bonchev–Trinajstić information content (AvgIpc) is 3.46. The Bertz CT molecular complexity index is 1340. The number of aliphatic hydroxyl groups is 4. The summed E-state index contributed by atoms with van der Waals surface area (Å²) in [6.07, 6.45) is 1.79. The number of carbonyl (C=O) groups is 2. The summed E-state index contributed by atoms with van der Waals surface area (Å²) in [5, 5.41) is 52.4. The van der Waals surface area contributed by atoms with Crippen molar-refractivity contribution in [3.63, 3.8) is 0 Å². The van der Waals surface area contributed by atoms with E-state index in [4.69, 9.17) is 14.3 Å². The summed E-state index contributed by atoms with van der Waals surface area (Å²) in [4.78, 5) is 31.8. The van der Waals surface area contributed by atoms with Crippen LogP contribution in [0.4, 0.5) is 0 Å². The Kier molecular flexibility index (Phi) is 9.96. The Morgan fingerprint density at radius 2 is 1.56 bits per heavy atom. The predicted octanol–water partition coefficient (Wildman–Crippen LogP) is 4.30. The molecule has 6 fully saturated rings. The molecular weight excluding hydrogens is 642 g/mol. The van der Waals surface area contributed by atoms with Crippen LogP contribution in [0.2, 0.25) is 0 Å². The standard InChI is InChI=1S/C39H63NO10/c1-21(2)22-11-16-39(34(46)47)18-17-37(6)23(29(22)39)9-10-26-36(5)14-13-27(35(3,4)25(36)12-15-38(26,37)7)50-28(42)19-40(48-8)33-32(45)31(44)30(43)24(20-41)49-33/h22-27,29-33,41,43-45H,1,9-20H2,2-8H3,(H,46,47)/t22?,23?,24-,25?,26?,27+,29?,30-,31+,32-,33?,36+,37-,38-,39+/m1/s1. The molecule has 1 saturated heterocycles. The fourth-order valence-corrected chi connectivity index (χ4v) is 13.6. The molecule has 0 aromatic rings. The SMILES string of the molecule is C=C(C)C1CC[C@]2(C(=O)O)CC[C@]3(C)C(CCC4[C@@]5(C)CC[C@H](OC(=O)CN(OC)C6O[C@H](CO)[C@@H](O)[C@H](O)[C@H]6O)C(C)(C)C5CC[C@]43C)C12. The number of aliphatic carboxylic acids is 1. The quantitative estimate of drug-likeness (QED) is 0.139. The van der Waals surface area contributed by atoms with Gasteiger partial charge in [-0.1, -0.05) is 46.8 Å². The van der Waals surface area contributed by atoms with Crippen molar-refractivity contribution in [1.29, 1.82) is 0 Å². The predicted molar refractivity (Wildman–Crippen MR) is 184 cm³/mol. The molecule has 5 N–H and O–H groups in total. The first kappa shape index (κ1) is 38.1. The number of nitrogens with zero attached hydrogens (tertiary/aromatic N) is 1. The second-order valence-corrected chi connectivity index (χ2v) is 18.5. The molecule has 0 spiro atoms. The highest BCUT2D eigenvalue weighted by Gasteiger charge is 2.72. The summed E-state index contributed by atoms with van der Waals surface area (Å²) in [5.74, 6) is 0.404. The molecule has 15 atom stereocenters. The average molecular weight is 706 g/mol. The molecule has 0 aromatic heterocycles. The molecule has 284 valence electrons. The minimum atomic E-state index is -1.59. The van der Waals surface area contributed by atoms with Crippen LogP contribution in [0.25, 0.3) is 0 Å². The fourth-order valence-electron chi connectivity index (χ4n) is 13.6. The number of rotatable bonds is 8. The summed E-state index contributed by atoms with van der Waals surface area (Å²) in [5.41, 5.74) is 0.327. The van der Waals surface area contributed by atoms with Gasteiger partial charge in [-0.25, -0.2) is 0 Å². The lowest BCUT2D eigenvalue weighted by molar-refractivity contribution is -0.327. The van der Waals surface area contributed by atoms with Gasteiger partial charge in [0.25, 0.3) is 0 Å². The van der Waals surface area contributed by atoms with E-state index in [1.807, 2.05) is 0 Å². The third kappa shape index (κ3) is 5.37. The Morgan fingerprint density at radius 3 is 2.18 bits per heavy atom. The third-order valence-corrected chi connectivity index (χ3v) is 16.4. The first-order valence-electron chi connectivity index (χ1n) is 19.0. The highest BCUT2D eigenvalue weighted by Crippen LogP contribution is 2.77. The molecule has 0 aromatic carbocycles. The molecule has 5 saturated carbocycles. The third-order valence-electron chi connectivity index (χ3n) is 16.4. The van der Waals surface area contributed by atoms with Crippen molar-refractivity contribution < 1.29 is 49.4 Å².